The molecule has 0 spiro atoms. The zero-order valence-electron chi connectivity index (χ0n) is 14.9. The summed E-state index contributed by atoms with van der Waals surface area (Å²) in [6.45, 7) is 5.14. The predicted molar refractivity (Wildman–Crippen MR) is 97.8 cm³/mol. The first-order valence-corrected chi connectivity index (χ1v) is 9.49. The molecule has 3 rings (SSSR count). The Bertz CT molecular complexity index is 815. The zero-order valence-corrected chi connectivity index (χ0v) is 15.8. The average molecular weight is 358 g/mol. The summed E-state index contributed by atoms with van der Waals surface area (Å²) in [7, 11) is 1.96. The van der Waals surface area contributed by atoms with Crippen LogP contribution in [-0.2, 0) is 24.2 Å². The van der Waals surface area contributed by atoms with Crippen molar-refractivity contribution < 1.29 is 14.1 Å². The first-order valence-electron chi connectivity index (χ1n) is 8.67. The predicted octanol–water partition coefficient (Wildman–Crippen LogP) is 2.30. The van der Waals surface area contributed by atoms with Gasteiger partial charge in [-0.2, -0.15) is 5.26 Å². The second-order valence-corrected chi connectivity index (χ2v) is 8.14. The Hall–Kier alpha value is -2.10. The second-order valence-electron chi connectivity index (χ2n) is 7.04. The number of fused-ring (bicyclic) bond motifs is 1. The van der Waals surface area contributed by atoms with Crippen LogP contribution < -0.4 is 10.2 Å². The highest BCUT2D eigenvalue weighted by atomic mass is 32.1. The minimum atomic E-state index is -0.0658. The Morgan fingerprint density at radius 1 is 1.52 bits per heavy atom. The highest BCUT2D eigenvalue weighted by Crippen LogP contribution is 2.39. The van der Waals surface area contributed by atoms with Crippen LogP contribution in [0.4, 0.5) is 5.00 Å². The van der Waals surface area contributed by atoms with Gasteiger partial charge >= 0.3 is 0 Å². The minimum absolute atomic E-state index is 0.0658. The number of hydrogen-bond acceptors (Lipinski definition) is 4. The summed E-state index contributed by atoms with van der Waals surface area (Å²) < 4.78 is 5.56. The van der Waals surface area contributed by atoms with Gasteiger partial charge in [0.2, 0.25) is 0 Å². The molecule has 1 amide bonds. The average Bonchev–Trinajstić information content (AvgIpc) is 3.09. The van der Waals surface area contributed by atoms with Gasteiger partial charge < -0.3 is 14.6 Å². The number of nitrogens with one attached hydrogen (secondary N) is 2. The lowest BCUT2D eigenvalue weighted by atomic mass is 9.89. The third-order valence-corrected chi connectivity index (χ3v) is 5.78. The van der Waals surface area contributed by atoms with Crippen molar-refractivity contribution in [3.8, 4) is 6.07 Å². The molecular weight excluding hydrogens is 334 g/mol. The lowest BCUT2D eigenvalue weighted by molar-refractivity contribution is -0.886. The van der Waals surface area contributed by atoms with Crippen LogP contribution in [0.1, 0.15) is 40.9 Å². The molecule has 2 N–H and O–H groups in total. The maximum atomic E-state index is 12.4. The number of likely N-dealkylation sites (N-methyl/N-ethyl adjacent to an activating group) is 1. The number of hydrogen-bond donors (Lipinski definition) is 2. The smallest absolute Gasteiger partial charge is 0.280 e. The Morgan fingerprint density at radius 3 is 3.00 bits per heavy atom. The number of furan rings is 1. The van der Waals surface area contributed by atoms with E-state index in [1.807, 2.05) is 26.1 Å². The maximum absolute atomic E-state index is 12.4. The fraction of sp³-hybridized carbons (Fsp3) is 0.474. The van der Waals surface area contributed by atoms with Crippen molar-refractivity contribution in [1.29, 1.82) is 5.26 Å². The monoisotopic (exact) mass is 358 g/mol. The third-order valence-electron chi connectivity index (χ3n) is 4.61. The molecule has 25 heavy (non-hydrogen) atoms. The van der Waals surface area contributed by atoms with Gasteiger partial charge in [0, 0.05) is 4.88 Å². The molecule has 2 atom stereocenters. The van der Waals surface area contributed by atoms with E-state index < -0.39 is 0 Å². The van der Waals surface area contributed by atoms with Crippen molar-refractivity contribution >= 4 is 22.2 Å². The summed E-state index contributed by atoms with van der Waals surface area (Å²) in [5.74, 6) is 2.34. The molecule has 2 aromatic heterocycles. The Labute approximate surface area is 152 Å². The van der Waals surface area contributed by atoms with Gasteiger partial charge in [-0.15, -0.1) is 11.3 Å². The molecule has 0 aromatic carbocycles. The first-order chi connectivity index (χ1) is 12.0. The number of rotatable bonds is 5. The van der Waals surface area contributed by atoms with Crippen molar-refractivity contribution in [3.05, 3.63) is 39.7 Å². The number of quaternary nitrogens is 1. The SMILES string of the molecule is Cc1ccc(C[NH+](C)CC(=O)Nc2sc3c(c2C#N)CC[C@@H](C)C3)o1. The number of nitriles is 1. The molecule has 0 aliphatic heterocycles. The molecule has 0 fully saturated rings. The van der Waals surface area contributed by atoms with Crippen molar-refractivity contribution in [2.45, 2.75) is 39.7 Å². The number of carbonyl (C=O) groups is 1. The van der Waals surface area contributed by atoms with Crippen LogP contribution in [0.15, 0.2) is 16.5 Å². The molecule has 1 aliphatic carbocycles. The van der Waals surface area contributed by atoms with Gasteiger partial charge in [-0.1, -0.05) is 6.92 Å². The topological polar surface area (TPSA) is 70.5 Å². The molecule has 6 heteroatoms. The molecule has 2 heterocycles. The number of amides is 1. The quantitative estimate of drug-likeness (QED) is 0.862. The third kappa shape index (κ3) is 4.12. The van der Waals surface area contributed by atoms with E-state index in [0.717, 1.165) is 41.2 Å². The van der Waals surface area contributed by atoms with Crippen molar-refractivity contribution in [2.75, 3.05) is 18.9 Å². The van der Waals surface area contributed by atoms with E-state index in [-0.39, 0.29) is 5.91 Å². The van der Waals surface area contributed by atoms with E-state index in [1.54, 1.807) is 11.3 Å². The molecule has 132 valence electrons. The standard InChI is InChI=1S/C19H23N3O2S/c1-12-4-7-15-16(9-20)19(25-17(15)8-12)21-18(23)11-22(3)10-14-6-5-13(2)24-14/h5-6,12H,4,7-8,10-11H2,1-3H3,(H,21,23)/p+1/t12-/m1/s1. The first kappa shape index (κ1) is 17.7. The van der Waals surface area contributed by atoms with E-state index in [9.17, 15) is 10.1 Å². The normalized spacial score (nSPS) is 17.6. The van der Waals surface area contributed by atoms with Crippen molar-refractivity contribution in [2.24, 2.45) is 5.92 Å². The van der Waals surface area contributed by atoms with E-state index in [4.69, 9.17) is 4.42 Å². The van der Waals surface area contributed by atoms with Crippen LogP contribution in [0.3, 0.4) is 0 Å². The Kier molecular flexibility index (Phi) is 5.26. The van der Waals surface area contributed by atoms with Gasteiger partial charge in [0.1, 0.15) is 23.4 Å². The van der Waals surface area contributed by atoms with Crippen LogP contribution in [0.5, 0.6) is 0 Å². The Balaban J connectivity index is 1.64. The number of aryl methyl sites for hydroxylation is 1. The van der Waals surface area contributed by atoms with Gasteiger partial charge in [0.15, 0.2) is 12.3 Å². The summed E-state index contributed by atoms with van der Waals surface area (Å²) in [4.78, 5) is 14.7. The lowest BCUT2D eigenvalue weighted by Gasteiger charge is -2.17. The molecule has 0 bridgehead atoms. The molecule has 0 saturated carbocycles. The minimum Gasteiger partial charge on any atom is -0.460 e. The van der Waals surface area contributed by atoms with E-state index >= 15 is 0 Å². The van der Waals surface area contributed by atoms with Crippen LogP contribution in [0.25, 0.3) is 0 Å². The van der Waals surface area contributed by atoms with Gasteiger partial charge in [-0.05, 0) is 49.8 Å². The molecule has 1 unspecified atom stereocenters. The molecule has 0 radical (unpaired) electrons. The number of anilines is 1. The largest absolute Gasteiger partial charge is 0.460 e. The van der Waals surface area contributed by atoms with Crippen LogP contribution in [0, 0.1) is 24.2 Å². The molecule has 2 aromatic rings. The molecule has 0 saturated heterocycles. The highest BCUT2D eigenvalue weighted by molar-refractivity contribution is 7.16. The fourth-order valence-corrected chi connectivity index (χ4v) is 4.72. The molecule has 1 aliphatic rings. The number of nitrogens with zero attached hydrogens (tertiary/aromatic N) is 1. The summed E-state index contributed by atoms with van der Waals surface area (Å²) in [6.07, 6.45) is 3.06. The zero-order chi connectivity index (χ0) is 18.0. The van der Waals surface area contributed by atoms with Crippen LogP contribution >= 0.6 is 11.3 Å². The molecule has 5 nitrogen and oxygen atoms in total. The van der Waals surface area contributed by atoms with E-state index in [0.29, 0.717) is 29.6 Å². The van der Waals surface area contributed by atoms with Gasteiger partial charge in [0.25, 0.3) is 5.91 Å². The summed E-state index contributed by atoms with van der Waals surface area (Å²) in [5.41, 5.74) is 1.81. The Morgan fingerprint density at radius 2 is 2.32 bits per heavy atom. The highest BCUT2D eigenvalue weighted by Gasteiger charge is 2.25. The second kappa shape index (κ2) is 7.42. The lowest BCUT2D eigenvalue weighted by Crippen LogP contribution is -3.08. The van der Waals surface area contributed by atoms with Gasteiger partial charge in [0.05, 0.1) is 12.6 Å². The van der Waals surface area contributed by atoms with Crippen LogP contribution in [-0.4, -0.2) is 19.5 Å². The van der Waals surface area contributed by atoms with E-state index in [1.165, 1.54) is 4.88 Å². The van der Waals surface area contributed by atoms with E-state index in [2.05, 4.69) is 18.3 Å². The number of carbonyl (C=O) groups excluding carboxylic acids is 1. The maximum Gasteiger partial charge on any atom is 0.280 e. The summed E-state index contributed by atoms with van der Waals surface area (Å²) in [6, 6.07) is 6.17. The van der Waals surface area contributed by atoms with Crippen molar-refractivity contribution in [1.82, 2.24) is 0 Å². The van der Waals surface area contributed by atoms with Gasteiger partial charge in [-0.3, -0.25) is 4.79 Å². The number of thiophene rings is 1. The molecular formula is C19H24N3O2S+. The summed E-state index contributed by atoms with van der Waals surface area (Å²) in [5, 5.41) is 13.2. The summed E-state index contributed by atoms with van der Waals surface area (Å²) >= 11 is 1.57. The van der Waals surface area contributed by atoms with Crippen molar-refractivity contribution in [3.63, 3.8) is 0 Å². The van der Waals surface area contributed by atoms with Crippen LogP contribution in [0.2, 0.25) is 0 Å². The fourth-order valence-electron chi connectivity index (χ4n) is 3.34. The van der Waals surface area contributed by atoms with Gasteiger partial charge in [-0.25, -0.2) is 0 Å².